The average molecular weight is 396 g/mol. The van der Waals surface area contributed by atoms with Crippen molar-refractivity contribution in [3.63, 3.8) is 0 Å². The third kappa shape index (κ3) is 3.59. The van der Waals surface area contributed by atoms with Crippen LogP contribution < -0.4 is 9.47 Å². The first-order valence-electron chi connectivity index (χ1n) is 9.57. The molecule has 2 aliphatic rings. The zero-order valence-corrected chi connectivity index (χ0v) is 18.6. The topological polar surface area (TPSA) is 21.7 Å². The fourth-order valence-corrected chi connectivity index (χ4v) is 7.13. The summed E-state index contributed by atoms with van der Waals surface area (Å²) in [6.07, 6.45) is 8.22. The Morgan fingerprint density at radius 1 is 1.15 bits per heavy atom. The molecule has 3 nitrogen and oxygen atoms in total. The van der Waals surface area contributed by atoms with Crippen LogP contribution in [0, 0.1) is 11.8 Å². The minimum absolute atomic E-state index is 0.299. The maximum absolute atomic E-state index is 5.61. The number of fused-ring (bicyclic) bond motifs is 3. The van der Waals surface area contributed by atoms with Crippen molar-refractivity contribution < 1.29 is 9.47 Å². The summed E-state index contributed by atoms with van der Waals surface area (Å²) in [5, 5.41) is 0. The van der Waals surface area contributed by atoms with Crippen molar-refractivity contribution in [3.8, 4) is 11.5 Å². The van der Waals surface area contributed by atoms with E-state index in [-0.39, 0.29) is 0 Å². The van der Waals surface area contributed by atoms with Crippen molar-refractivity contribution in [1.29, 1.82) is 0 Å². The molecule has 0 saturated carbocycles. The van der Waals surface area contributed by atoms with Gasteiger partial charge in [0.25, 0.3) is 0 Å². The molecule has 0 aromatic heterocycles. The lowest BCUT2D eigenvalue weighted by atomic mass is 9.80. The molecule has 2 heterocycles. The van der Waals surface area contributed by atoms with E-state index in [2.05, 4.69) is 66.9 Å². The molecule has 0 spiro atoms. The molecule has 26 heavy (non-hydrogen) atoms. The van der Waals surface area contributed by atoms with Crippen LogP contribution in [-0.2, 0) is 6.42 Å². The molecule has 2 aliphatic heterocycles. The number of nitrogens with zero attached hydrogens (tertiary/aromatic N) is 1. The molecule has 0 amide bonds. The van der Waals surface area contributed by atoms with Crippen molar-refractivity contribution in [2.24, 2.45) is 11.8 Å². The molecule has 2 atom stereocenters. The van der Waals surface area contributed by atoms with Crippen molar-refractivity contribution in [3.05, 3.63) is 23.3 Å². The Morgan fingerprint density at radius 2 is 1.81 bits per heavy atom. The molecule has 5 heteroatoms. The molecule has 1 aromatic carbocycles. The highest BCUT2D eigenvalue weighted by atomic mass is 32.2. The maximum atomic E-state index is 5.61. The van der Waals surface area contributed by atoms with E-state index in [1.165, 1.54) is 30.5 Å². The fraction of sp³-hybridized carbons (Fsp3) is 0.714. The number of ether oxygens (including phenoxy) is 2. The van der Waals surface area contributed by atoms with Gasteiger partial charge in [-0.1, -0.05) is 13.8 Å². The van der Waals surface area contributed by atoms with Crippen molar-refractivity contribution in [1.82, 2.24) is 4.90 Å². The van der Waals surface area contributed by atoms with Crippen molar-refractivity contribution in [2.75, 3.05) is 39.8 Å². The second-order valence-corrected chi connectivity index (χ2v) is 10.4. The van der Waals surface area contributed by atoms with E-state index >= 15 is 0 Å². The van der Waals surface area contributed by atoms with E-state index in [9.17, 15) is 0 Å². The van der Waals surface area contributed by atoms with Crippen molar-refractivity contribution in [2.45, 2.75) is 43.2 Å². The van der Waals surface area contributed by atoms with Gasteiger partial charge < -0.3 is 9.47 Å². The lowest BCUT2D eigenvalue weighted by Gasteiger charge is -2.53. The second-order valence-electron chi connectivity index (χ2n) is 7.92. The lowest BCUT2D eigenvalue weighted by molar-refractivity contribution is 0.0862. The number of thioether (sulfide) groups is 2. The summed E-state index contributed by atoms with van der Waals surface area (Å²) < 4.78 is 11.4. The summed E-state index contributed by atoms with van der Waals surface area (Å²) in [4.78, 5) is 2.73. The van der Waals surface area contributed by atoms with Crippen LogP contribution in [0.25, 0.3) is 0 Å². The largest absolute Gasteiger partial charge is 0.493 e. The molecule has 146 valence electrons. The monoisotopic (exact) mass is 395 g/mol. The molecule has 3 rings (SSSR count). The predicted molar refractivity (Wildman–Crippen MR) is 115 cm³/mol. The smallest absolute Gasteiger partial charge is 0.161 e. The molecular formula is C21H33NO2S2. The Hall–Kier alpha value is -0.520. The summed E-state index contributed by atoms with van der Waals surface area (Å²) in [6.45, 7) is 7.08. The molecule has 1 aromatic rings. The molecule has 2 unspecified atom stereocenters. The van der Waals surface area contributed by atoms with E-state index in [1.54, 1.807) is 14.2 Å². The minimum Gasteiger partial charge on any atom is -0.493 e. The predicted octanol–water partition coefficient (Wildman–Crippen LogP) is 5.09. The van der Waals surface area contributed by atoms with Gasteiger partial charge in [0, 0.05) is 19.1 Å². The Morgan fingerprint density at radius 3 is 2.38 bits per heavy atom. The van der Waals surface area contributed by atoms with Crippen LogP contribution in [0.3, 0.4) is 0 Å². The summed E-state index contributed by atoms with van der Waals surface area (Å²) in [5.74, 6) is 3.20. The molecular weight excluding hydrogens is 362 g/mol. The normalized spacial score (nSPS) is 24.9. The highest BCUT2D eigenvalue weighted by Gasteiger charge is 2.48. The number of benzene rings is 1. The van der Waals surface area contributed by atoms with Crippen molar-refractivity contribution >= 4 is 23.5 Å². The second kappa shape index (κ2) is 8.24. The number of rotatable bonds is 6. The van der Waals surface area contributed by atoms with E-state index in [0.717, 1.165) is 36.3 Å². The van der Waals surface area contributed by atoms with E-state index < -0.39 is 0 Å². The van der Waals surface area contributed by atoms with Crippen LogP contribution >= 0.6 is 23.5 Å². The van der Waals surface area contributed by atoms with Gasteiger partial charge in [0.15, 0.2) is 11.5 Å². The first kappa shape index (κ1) is 20.2. The van der Waals surface area contributed by atoms with Gasteiger partial charge in [0.1, 0.15) is 0 Å². The van der Waals surface area contributed by atoms with Gasteiger partial charge in [-0.25, -0.2) is 0 Å². The Bertz CT molecular complexity index is 631. The zero-order valence-electron chi connectivity index (χ0n) is 17.0. The van der Waals surface area contributed by atoms with Crippen LogP contribution in [0.5, 0.6) is 11.5 Å². The van der Waals surface area contributed by atoms with Crippen LogP contribution in [0.4, 0.5) is 0 Å². The first-order chi connectivity index (χ1) is 12.5. The molecule has 0 aliphatic carbocycles. The van der Waals surface area contributed by atoms with Gasteiger partial charge in [-0.3, -0.25) is 4.90 Å². The summed E-state index contributed by atoms with van der Waals surface area (Å²) in [6, 6.07) is 4.92. The third-order valence-electron chi connectivity index (χ3n) is 6.12. The Kier molecular flexibility index (Phi) is 6.41. The highest BCUT2D eigenvalue weighted by molar-refractivity contribution is 8.17. The average Bonchev–Trinajstić information content (AvgIpc) is 2.65. The minimum atomic E-state index is 0.299. The lowest BCUT2D eigenvalue weighted by Crippen LogP contribution is -2.52. The Labute approximate surface area is 167 Å². The molecule has 0 bridgehead atoms. The molecule has 1 fully saturated rings. The highest BCUT2D eigenvalue weighted by Crippen LogP contribution is 2.55. The van der Waals surface area contributed by atoms with E-state index in [0.29, 0.717) is 10.1 Å². The zero-order chi connectivity index (χ0) is 18.9. The van der Waals surface area contributed by atoms with Crippen LogP contribution in [-0.4, -0.2) is 48.8 Å². The number of hydrogen-bond donors (Lipinski definition) is 0. The molecule has 1 saturated heterocycles. The van der Waals surface area contributed by atoms with Gasteiger partial charge in [-0.2, -0.15) is 0 Å². The van der Waals surface area contributed by atoms with Gasteiger partial charge in [0.2, 0.25) is 0 Å². The first-order valence-corrected chi connectivity index (χ1v) is 12.0. The summed E-state index contributed by atoms with van der Waals surface area (Å²) in [5.41, 5.74) is 2.88. The van der Waals surface area contributed by atoms with Gasteiger partial charge in [0.05, 0.1) is 18.3 Å². The quantitative estimate of drug-likeness (QED) is 0.624. The van der Waals surface area contributed by atoms with Gasteiger partial charge in [-0.05, 0) is 66.9 Å². The number of piperidine rings is 1. The van der Waals surface area contributed by atoms with Gasteiger partial charge >= 0.3 is 0 Å². The standard InChI is InChI=1S/C21H33NO2S2/c1-14(2)9-16-13-22-8-7-15-10-19(23-3)20(24-4)11-17(15)18(22)12-21(16,25-5)26-6/h10-11,14,16,18H,7-9,12-13H2,1-6H3. The summed E-state index contributed by atoms with van der Waals surface area (Å²) in [7, 11) is 3.46. The van der Waals surface area contributed by atoms with Gasteiger partial charge in [-0.15, -0.1) is 23.5 Å². The molecule has 0 N–H and O–H groups in total. The fourth-order valence-electron chi connectivity index (χ4n) is 4.80. The number of methoxy groups -OCH3 is 2. The molecule has 0 radical (unpaired) electrons. The van der Waals surface area contributed by atoms with Crippen LogP contribution in [0.1, 0.15) is 43.9 Å². The number of hydrogen-bond acceptors (Lipinski definition) is 5. The SMILES string of the molecule is COc1cc2c(cc1OC)C1CC(SC)(SC)C(CC(C)C)CN1CC2. The van der Waals surface area contributed by atoms with E-state index in [1.807, 2.05) is 0 Å². The summed E-state index contributed by atoms with van der Waals surface area (Å²) >= 11 is 4.14. The third-order valence-corrected chi connectivity index (χ3v) is 9.50. The Balaban J connectivity index is 1.98. The van der Waals surface area contributed by atoms with Crippen LogP contribution in [0.2, 0.25) is 0 Å². The maximum Gasteiger partial charge on any atom is 0.161 e. The van der Waals surface area contributed by atoms with E-state index in [4.69, 9.17) is 9.47 Å². The van der Waals surface area contributed by atoms with Crippen LogP contribution in [0.15, 0.2) is 12.1 Å².